The Morgan fingerprint density at radius 2 is 1.85 bits per heavy atom. The number of hydrogen-bond donors (Lipinski definition) is 1. The Labute approximate surface area is 193 Å². The van der Waals surface area contributed by atoms with Crippen molar-refractivity contribution >= 4 is 38.2 Å². The van der Waals surface area contributed by atoms with Gasteiger partial charge >= 0.3 is 6.03 Å². The molecule has 2 aliphatic rings. The van der Waals surface area contributed by atoms with Crippen molar-refractivity contribution in [2.45, 2.75) is 11.1 Å². The van der Waals surface area contributed by atoms with Crippen molar-refractivity contribution in [1.29, 1.82) is 0 Å². The van der Waals surface area contributed by atoms with E-state index in [1.165, 1.54) is 23.2 Å². The van der Waals surface area contributed by atoms with Gasteiger partial charge in [0.1, 0.15) is 5.82 Å². The Morgan fingerprint density at radius 1 is 1.15 bits per heavy atom. The normalized spacial score (nSPS) is 18.0. The van der Waals surface area contributed by atoms with Crippen LogP contribution in [0, 0.1) is 18.2 Å². The molecule has 4 heterocycles. The number of benzene rings is 1. The predicted molar refractivity (Wildman–Crippen MR) is 121 cm³/mol. The molecule has 2 saturated heterocycles. The molecule has 2 aromatic heterocycles. The van der Waals surface area contributed by atoms with Gasteiger partial charge in [-0.25, -0.2) is 27.7 Å². The quantitative estimate of drug-likeness (QED) is 0.602. The van der Waals surface area contributed by atoms with Crippen LogP contribution in [0.1, 0.15) is 5.69 Å². The van der Waals surface area contributed by atoms with E-state index in [-0.39, 0.29) is 32.3 Å². The average Bonchev–Trinajstić information content (AvgIpc) is 3.15. The number of carbonyl (C=O) groups excluding carboxylic acids is 1. The lowest BCUT2D eigenvalue weighted by Crippen LogP contribution is -2.65. The summed E-state index contributed by atoms with van der Waals surface area (Å²) in [7, 11) is -3.94. The maximum Gasteiger partial charge on any atom is 0.330 e. The molecule has 2 N–H and O–H groups in total. The molecule has 1 spiro atoms. The largest absolute Gasteiger partial charge is 0.380 e. The van der Waals surface area contributed by atoms with E-state index in [1.54, 1.807) is 36.1 Å². The lowest BCUT2D eigenvalue weighted by atomic mass is 9.83. The molecule has 2 fully saturated rings. The van der Waals surface area contributed by atoms with Gasteiger partial charge in [-0.1, -0.05) is 23.5 Å². The molecule has 0 aliphatic carbocycles. The van der Waals surface area contributed by atoms with E-state index in [2.05, 4.69) is 9.97 Å². The summed E-state index contributed by atoms with van der Waals surface area (Å²) in [6.45, 7) is 3.32. The number of ether oxygens (including phenoxy) is 1. The summed E-state index contributed by atoms with van der Waals surface area (Å²) in [4.78, 5) is 25.1. The van der Waals surface area contributed by atoms with Crippen molar-refractivity contribution in [3.63, 3.8) is 0 Å². The second-order valence-corrected chi connectivity index (χ2v) is 11.0. The zero-order valence-electron chi connectivity index (χ0n) is 17.6. The van der Waals surface area contributed by atoms with E-state index in [1.807, 2.05) is 0 Å². The number of carbonyl (C=O) groups is 1. The maximum atomic E-state index is 13.6. The number of anilines is 2. The highest BCUT2D eigenvalue weighted by molar-refractivity contribution is 7.91. The third-order valence-electron chi connectivity index (χ3n) is 5.69. The number of aromatic nitrogens is 2. The number of urea groups is 1. The first-order valence-corrected chi connectivity index (χ1v) is 12.4. The molecule has 2 aliphatic heterocycles. The molecule has 172 valence electrons. The Kier molecular flexibility index (Phi) is 5.20. The number of pyridine rings is 1. The van der Waals surface area contributed by atoms with Crippen LogP contribution < -0.4 is 14.9 Å². The fraction of sp³-hybridized carbons (Fsp3) is 0.286. The van der Waals surface area contributed by atoms with Crippen molar-refractivity contribution < 1.29 is 22.3 Å². The summed E-state index contributed by atoms with van der Waals surface area (Å²) in [5, 5.41) is 5.57. The SMILES string of the molecule is Cc1nc(N2CC3(COC3)CN(c3ccc(-c4cc(F)ccn4)cc3)C2=O)sc1S(N)(=O)=O. The van der Waals surface area contributed by atoms with Crippen LogP contribution in [0.15, 0.2) is 46.8 Å². The number of thiazole rings is 1. The number of amides is 2. The number of halogens is 1. The fourth-order valence-electron chi connectivity index (χ4n) is 4.05. The van der Waals surface area contributed by atoms with Gasteiger partial charge in [0.05, 0.1) is 30.0 Å². The maximum absolute atomic E-state index is 13.6. The molecule has 12 heteroatoms. The second-order valence-electron chi connectivity index (χ2n) is 8.27. The van der Waals surface area contributed by atoms with Crippen LogP contribution in [0.4, 0.5) is 20.0 Å². The van der Waals surface area contributed by atoms with E-state index in [0.717, 1.165) is 16.9 Å². The molecular weight excluding hydrogens is 469 g/mol. The van der Waals surface area contributed by atoms with Gasteiger partial charge in [-0.2, -0.15) is 0 Å². The topological polar surface area (TPSA) is 119 Å². The van der Waals surface area contributed by atoms with Crippen LogP contribution in [0.25, 0.3) is 11.3 Å². The Balaban J connectivity index is 1.48. The average molecular weight is 490 g/mol. The molecule has 0 saturated carbocycles. The summed E-state index contributed by atoms with van der Waals surface area (Å²) in [5.41, 5.74) is 1.82. The Hall–Kier alpha value is -2.93. The van der Waals surface area contributed by atoms with Crippen molar-refractivity contribution in [3.8, 4) is 11.3 Å². The molecule has 0 atom stereocenters. The van der Waals surface area contributed by atoms with Gasteiger partial charge in [0, 0.05) is 36.6 Å². The van der Waals surface area contributed by atoms with E-state index in [4.69, 9.17) is 9.88 Å². The summed E-state index contributed by atoms with van der Waals surface area (Å²) in [6.07, 6.45) is 1.40. The summed E-state index contributed by atoms with van der Waals surface area (Å²) in [6, 6.07) is 9.41. The van der Waals surface area contributed by atoms with Crippen LogP contribution in [0.3, 0.4) is 0 Å². The van der Waals surface area contributed by atoms with Gasteiger partial charge in [0.25, 0.3) is 0 Å². The second kappa shape index (κ2) is 7.83. The number of primary sulfonamides is 1. The number of nitrogens with zero attached hydrogens (tertiary/aromatic N) is 4. The minimum absolute atomic E-state index is 0.0618. The molecule has 2 amide bonds. The smallest absolute Gasteiger partial charge is 0.330 e. The molecule has 5 rings (SSSR count). The molecule has 0 unspecified atom stereocenters. The number of aryl methyl sites for hydroxylation is 1. The number of nitrogens with two attached hydrogens (primary N) is 1. The molecule has 33 heavy (non-hydrogen) atoms. The zero-order valence-corrected chi connectivity index (χ0v) is 19.2. The molecule has 3 aromatic rings. The summed E-state index contributed by atoms with van der Waals surface area (Å²) >= 11 is 0.880. The highest BCUT2D eigenvalue weighted by Gasteiger charge is 2.49. The van der Waals surface area contributed by atoms with E-state index < -0.39 is 10.0 Å². The van der Waals surface area contributed by atoms with Gasteiger partial charge < -0.3 is 4.74 Å². The minimum Gasteiger partial charge on any atom is -0.380 e. The number of hydrogen-bond acceptors (Lipinski definition) is 7. The van der Waals surface area contributed by atoms with Crippen LogP contribution in [0.2, 0.25) is 0 Å². The molecule has 1 aromatic carbocycles. The van der Waals surface area contributed by atoms with Crippen molar-refractivity contribution in [2.75, 3.05) is 36.1 Å². The number of rotatable bonds is 4. The van der Waals surface area contributed by atoms with Gasteiger partial charge in [-0.15, -0.1) is 0 Å². The van der Waals surface area contributed by atoms with Gasteiger partial charge in [0.15, 0.2) is 9.34 Å². The fourth-order valence-corrected chi connectivity index (χ4v) is 5.99. The van der Waals surface area contributed by atoms with E-state index in [0.29, 0.717) is 37.7 Å². The van der Waals surface area contributed by atoms with Gasteiger partial charge in [0.2, 0.25) is 10.0 Å². The lowest BCUT2D eigenvalue weighted by Gasteiger charge is -2.51. The molecular formula is C21H20FN5O4S2. The zero-order chi connectivity index (χ0) is 23.4. The monoisotopic (exact) mass is 489 g/mol. The molecule has 0 radical (unpaired) electrons. The first-order chi connectivity index (χ1) is 15.7. The molecule has 0 bridgehead atoms. The van der Waals surface area contributed by atoms with Crippen LogP contribution in [-0.2, 0) is 14.8 Å². The molecule has 9 nitrogen and oxygen atoms in total. The van der Waals surface area contributed by atoms with E-state index >= 15 is 0 Å². The first-order valence-electron chi connectivity index (χ1n) is 10.0. The van der Waals surface area contributed by atoms with Crippen molar-refractivity contribution in [3.05, 3.63) is 54.1 Å². The van der Waals surface area contributed by atoms with Crippen LogP contribution in [0.5, 0.6) is 0 Å². The lowest BCUT2D eigenvalue weighted by molar-refractivity contribution is -0.103. The third kappa shape index (κ3) is 3.99. The van der Waals surface area contributed by atoms with Crippen LogP contribution >= 0.6 is 11.3 Å². The highest BCUT2D eigenvalue weighted by Crippen LogP contribution is 2.40. The van der Waals surface area contributed by atoms with E-state index in [9.17, 15) is 17.6 Å². The highest BCUT2D eigenvalue weighted by atomic mass is 32.2. The summed E-state index contributed by atoms with van der Waals surface area (Å²) in [5.74, 6) is -0.379. The minimum atomic E-state index is -3.94. The third-order valence-corrected chi connectivity index (χ3v) is 8.43. The van der Waals surface area contributed by atoms with Crippen molar-refractivity contribution in [2.24, 2.45) is 10.6 Å². The summed E-state index contributed by atoms with van der Waals surface area (Å²) < 4.78 is 42.7. The Morgan fingerprint density at radius 3 is 2.42 bits per heavy atom. The van der Waals surface area contributed by atoms with Gasteiger partial charge in [-0.05, 0) is 25.1 Å². The van der Waals surface area contributed by atoms with Crippen LogP contribution in [-0.4, -0.2) is 50.7 Å². The Bertz CT molecular complexity index is 1340. The number of sulfonamides is 1. The first kappa shape index (κ1) is 21.9. The standard InChI is InChI=1S/C21H20FN5O4S2/c1-13-18(33(23,29)30)32-19(25-13)27-10-21(11-31-12-21)9-26(20(27)28)16-4-2-14(3-5-16)17-8-15(22)6-7-24-17/h2-8H,9-12H2,1H3,(H2,23,29,30). The predicted octanol–water partition coefficient (Wildman–Crippen LogP) is 2.76. The van der Waals surface area contributed by atoms with Gasteiger partial charge in [-0.3, -0.25) is 14.8 Å². The van der Waals surface area contributed by atoms with Crippen molar-refractivity contribution in [1.82, 2.24) is 9.97 Å².